The molecule has 0 saturated carbocycles. The molecule has 0 rings (SSSR count). The summed E-state index contributed by atoms with van der Waals surface area (Å²) in [5.74, 6) is 0.679. The minimum atomic E-state index is 0.0411. The fourth-order valence-corrected chi connectivity index (χ4v) is 4.08. The van der Waals surface area contributed by atoms with Crippen molar-refractivity contribution in [2.75, 3.05) is 6.61 Å². The van der Waals surface area contributed by atoms with Crippen molar-refractivity contribution in [1.29, 1.82) is 0 Å². The number of carbonyl (C=O) groups is 1. The number of ether oxygens (including phenoxy) is 1. The summed E-state index contributed by atoms with van der Waals surface area (Å²) in [6, 6.07) is 0. The topological polar surface area (TPSA) is 26.3 Å². The molecule has 174 valence electrons. The summed E-state index contributed by atoms with van der Waals surface area (Å²) < 4.78 is 5.76. The smallest absolute Gasteiger partial charge is 0.308 e. The lowest BCUT2D eigenvalue weighted by atomic mass is 9.95. The van der Waals surface area contributed by atoms with Gasteiger partial charge in [-0.25, -0.2) is 0 Å². The van der Waals surface area contributed by atoms with Crippen LogP contribution in [0.2, 0.25) is 0 Å². The Morgan fingerprint density at radius 2 is 0.966 bits per heavy atom. The van der Waals surface area contributed by atoms with Gasteiger partial charge in [-0.15, -0.1) is 0 Å². The molecule has 0 aromatic rings. The Kier molecular flexibility index (Phi) is 21.8. The van der Waals surface area contributed by atoms with Gasteiger partial charge in [-0.05, 0) is 25.2 Å². The van der Waals surface area contributed by atoms with Gasteiger partial charge in [-0.2, -0.15) is 0 Å². The van der Waals surface area contributed by atoms with Crippen LogP contribution < -0.4 is 0 Å². The quantitative estimate of drug-likeness (QED) is 0.131. The second-order valence-corrected chi connectivity index (χ2v) is 9.36. The first-order chi connectivity index (χ1) is 14.2. The fourth-order valence-electron chi connectivity index (χ4n) is 4.08. The molecular weight excluding hydrogens is 356 g/mol. The van der Waals surface area contributed by atoms with Crippen LogP contribution >= 0.6 is 0 Å². The van der Waals surface area contributed by atoms with Crippen molar-refractivity contribution in [2.45, 2.75) is 150 Å². The largest absolute Gasteiger partial charge is 0.465 e. The van der Waals surface area contributed by atoms with Crippen LogP contribution in [-0.2, 0) is 9.53 Å². The normalized spacial score (nSPS) is 13.4. The zero-order chi connectivity index (χ0) is 21.6. The van der Waals surface area contributed by atoms with Crippen LogP contribution in [-0.4, -0.2) is 12.6 Å². The lowest BCUT2D eigenvalue weighted by Gasteiger charge is -2.19. The fraction of sp³-hybridized carbons (Fsp3) is 0.963. The zero-order valence-corrected chi connectivity index (χ0v) is 20.6. The maximum Gasteiger partial charge on any atom is 0.308 e. The lowest BCUT2D eigenvalue weighted by Crippen LogP contribution is -2.19. The molecule has 0 aliphatic rings. The van der Waals surface area contributed by atoms with Gasteiger partial charge in [0.1, 0.15) is 0 Å². The van der Waals surface area contributed by atoms with E-state index < -0.39 is 0 Å². The second kappa shape index (κ2) is 22.2. The Morgan fingerprint density at radius 1 is 0.586 bits per heavy atom. The van der Waals surface area contributed by atoms with E-state index in [0.29, 0.717) is 12.5 Å². The summed E-state index contributed by atoms with van der Waals surface area (Å²) in [6.45, 7) is 9.49. The molecule has 0 N–H and O–H groups in total. The van der Waals surface area contributed by atoms with Crippen molar-refractivity contribution in [1.82, 2.24) is 0 Å². The average molecular weight is 411 g/mol. The van der Waals surface area contributed by atoms with Crippen LogP contribution in [0.15, 0.2) is 0 Å². The van der Waals surface area contributed by atoms with Crippen molar-refractivity contribution in [3.8, 4) is 0 Å². The van der Waals surface area contributed by atoms with E-state index in [1.165, 1.54) is 116 Å². The molecule has 0 radical (unpaired) electrons. The predicted octanol–water partition coefficient (Wildman–Crippen LogP) is 9.25. The van der Waals surface area contributed by atoms with Crippen molar-refractivity contribution < 1.29 is 9.53 Å². The molecule has 0 aromatic heterocycles. The Morgan fingerprint density at radius 3 is 1.48 bits per heavy atom. The Labute approximate surface area is 184 Å². The SMILES string of the molecule is CCCCCCCCCC(C)C(=O)OCC(CCCCC)CCCCCCCC. The van der Waals surface area contributed by atoms with Gasteiger partial charge in [0, 0.05) is 0 Å². The maximum absolute atomic E-state index is 12.4. The molecule has 29 heavy (non-hydrogen) atoms. The van der Waals surface area contributed by atoms with Crippen LogP contribution in [0, 0.1) is 11.8 Å². The Hall–Kier alpha value is -0.530. The molecule has 0 heterocycles. The molecule has 2 atom stereocenters. The minimum absolute atomic E-state index is 0.0411. The monoisotopic (exact) mass is 410 g/mol. The molecule has 2 unspecified atom stereocenters. The van der Waals surface area contributed by atoms with Crippen molar-refractivity contribution >= 4 is 5.97 Å². The number of esters is 1. The molecule has 0 spiro atoms. The first kappa shape index (κ1) is 28.5. The Bertz CT molecular complexity index is 339. The van der Waals surface area contributed by atoms with Gasteiger partial charge < -0.3 is 4.74 Å². The first-order valence-corrected chi connectivity index (χ1v) is 13.3. The van der Waals surface area contributed by atoms with Crippen LogP contribution in [0.3, 0.4) is 0 Å². The highest BCUT2D eigenvalue weighted by molar-refractivity contribution is 5.71. The molecule has 0 aliphatic carbocycles. The molecule has 0 bridgehead atoms. The average Bonchev–Trinajstić information content (AvgIpc) is 2.72. The van der Waals surface area contributed by atoms with Crippen LogP contribution in [0.25, 0.3) is 0 Å². The van der Waals surface area contributed by atoms with Gasteiger partial charge >= 0.3 is 5.97 Å². The number of carbonyl (C=O) groups excluding carboxylic acids is 1. The number of rotatable bonds is 22. The van der Waals surface area contributed by atoms with E-state index in [9.17, 15) is 4.79 Å². The highest BCUT2D eigenvalue weighted by Crippen LogP contribution is 2.20. The summed E-state index contributed by atoms with van der Waals surface area (Å²) in [5, 5.41) is 0. The maximum atomic E-state index is 12.4. The van der Waals surface area contributed by atoms with Crippen LogP contribution in [0.5, 0.6) is 0 Å². The molecule has 0 aliphatic heterocycles. The standard InChI is InChI=1S/C27H54O2/c1-5-8-11-13-15-16-19-21-25(4)27(28)29-24-26(22-18-10-7-3)23-20-17-14-12-9-6-2/h25-26H,5-24H2,1-4H3. The predicted molar refractivity (Wildman–Crippen MR) is 128 cm³/mol. The zero-order valence-electron chi connectivity index (χ0n) is 20.6. The van der Waals surface area contributed by atoms with E-state index in [-0.39, 0.29) is 11.9 Å². The van der Waals surface area contributed by atoms with Gasteiger partial charge in [0.25, 0.3) is 0 Å². The number of unbranched alkanes of at least 4 members (excludes halogenated alkanes) is 13. The second-order valence-electron chi connectivity index (χ2n) is 9.36. The third-order valence-electron chi connectivity index (χ3n) is 6.29. The first-order valence-electron chi connectivity index (χ1n) is 13.3. The summed E-state index contributed by atoms with van der Waals surface area (Å²) in [4.78, 5) is 12.4. The van der Waals surface area contributed by atoms with Crippen LogP contribution in [0.1, 0.15) is 150 Å². The molecule has 0 fully saturated rings. The van der Waals surface area contributed by atoms with Crippen molar-refractivity contribution in [3.05, 3.63) is 0 Å². The summed E-state index contributed by atoms with van der Waals surface area (Å²) in [6.07, 6.45) is 24.5. The summed E-state index contributed by atoms with van der Waals surface area (Å²) in [5.41, 5.74) is 0. The summed E-state index contributed by atoms with van der Waals surface area (Å²) >= 11 is 0. The molecular formula is C27H54O2. The highest BCUT2D eigenvalue weighted by atomic mass is 16.5. The summed E-state index contributed by atoms with van der Waals surface area (Å²) in [7, 11) is 0. The molecule has 0 saturated heterocycles. The van der Waals surface area contributed by atoms with Gasteiger partial charge in [0.2, 0.25) is 0 Å². The third-order valence-corrected chi connectivity index (χ3v) is 6.29. The van der Waals surface area contributed by atoms with E-state index >= 15 is 0 Å². The van der Waals surface area contributed by atoms with Crippen molar-refractivity contribution in [2.24, 2.45) is 11.8 Å². The minimum Gasteiger partial charge on any atom is -0.465 e. The van der Waals surface area contributed by atoms with Gasteiger partial charge in [-0.1, -0.05) is 130 Å². The van der Waals surface area contributed by atoms with E-state index in [0.717, 1.165) is 6.42 Å². The third kappa shape index (κ3) is 19.2. The van der Waals surface area contributed by atoms with E-state index in [2.05, 4.69) is 27.7 Å². The van der Waals surface area contributed by atoms with E-state index in [4.69, 9.17) is 4.74 Å². The number of hydrogen-bond acceptors (Lipinski definition) is 2. The van der Waals surface area contributed by atoms with E-state index in [1.54, 1.807) is 0 Å². The van der Waals surface area contributed by atoms with Gasteiger partial charge in [-0.3, -0.25) is 4.79 Å². The number of hydrogen-bond donors (Lipinski definition) is 0. The molecule has 2 nitrogen and oxygen atoms in total. The van der Waals surface area contributed by atoms with Gasteiger partial charge in [0.05, 0.1) is 12.5 Å². The molecule has 0 amide bonds. The lowest BCUT2D eigenvalue weighted by molar-refractivity contribution is -0.149. The molecule has 0 aromatic carbocycles. The van der Waals surface area contributed by atoms with Crippen molar-refractivity contribution in [3.63, 3.8) is 0 Å². The van der Waals surface area contributed by atoms with Crippen LogP contribution in [0.4, 0.5) is 0 Å². The molecule has 2 heteroatoms. The van der Waals surface area contributed by atoms with E-state index in [1.807, 2.05) is 0 Å². The Balaban J connectivity index is 3.98. The highest BCUT2D eigenvalue weighted by Gasteiger charge is 2.17. The van der Waals surface area contributed by atoms with Gasteiger partial charge in [0.15, 0.2) is 0 Å².